The lowest BCUT2D eigenvalue weighted by atomic mass is 10.3. The number of hydrogen-bond donors (Lipinski definition) is 1. The minimum absolute atomic E-state index is 0.108. The van der Waals surface area contributed by atoms with Gasteiger partial charge in [-0.3, -0.25) is 0 Å². The number of aldehydes is 1. The van der Waals surface area contributed by atoms with Crippen LogP contribution in [-0.2, 0) is 4.79 Å². The standard InChI is InChI=1S/C4H5NO2/c5-2-1-4(7)3-6/h3-4,7H,1H2/t4-/m0/s1. The molecular weight excluding hydrogens is 94.0 g/mol. The smallest absolute Gasteiger partial charge is 0.149 e. The third-order valence-electron chi connectivity index (χ3n) is 0.458. The second-order valence-electron chi connectivity index (χ2n) is 1.07. The molecule has 0 aliphatic carbocycles. The topological polar surface area (TPSA) is 61.1 Å². The summed E-state index contributed by atoms with van der Waals surface area (Å²) in [6.45, 7) is 0. The van der Waals surface area contributed by atoms with Crippen LogP contribution in [-0.4, -0.2) is 17.5 Å². The van der Waals surface area contributed by atoms with E-state index in [0.29, 0.717) is 6.29 Å². The van der Waals surface area contributed by atoms with Gasteiger partial charge in [-0.1, -0.05) is 0 Å². The Morgan fingerprint density at radius 1 is 2.00 bits per heavy atom. The Morgan fingerprint density at radius 2 is 2.57 bits per heavy atom. The van der Waals surface area contributed by atoms with Crippen molar-refractivity contribution in [1.82, 2.24) is 0 Å². The molecule has 38 valence electrons. The number of rotatable bonds is 2. The SMILES string of the molecule is N#CC[C@H](O)C=O. The van der Waals surface area contributed by atoms with E-state index in [0.717, 1.165) is 0 Å². The minimum Gasteiger partial charge on any atom is -0.385 e. The van der Waals surface area contributed by atoms with Gasteiger partial charge in [-0.05, 0) is 0 Å². The van der Waals surface area contributed by atoms with Crippen molar-refractivity contribution in [2.75, 3.05) is 0 Å². The van der Waals surface area contributed by atoms with Crippen molar-refractivity contribution in [2.45, 2.75) is 12.5 Å². The van der Waals surface area contributed by atoms with Gasteiger partial charge in [-0.2, -0.15) is 5.26 Å². The molecule has 0 aliphatic heterocycles. The molecule has 3 nitrogen and oxygen atoms in total. The van der Waals surface area contributed by atoms with Crippen LogP contribution in [0.25, 0.3) is 0 Å². The van der Waals surface area contributed by atoms with Gasteiger partial charge in [-0.15, -0.1) is 0 Å². The second kappa shape index (κ2) is 3.32. The minimum atomic E-state index is -1.09. The Bertz CT molecular complexity index is 94.4. The summed E-state index contributed by atoms with van der Waals surface area (Å²) in [5.41, 5.74) is 0. The summed E-state index contributed by atoms with van der Waals surface area (Å²) in [7, 11) is 0. The van der Waals surface area contributed by atoms with Gasteiger partial charge in [0.1, 0.15) is 12.4 Å². The highest BCUT2D eigenvalue weighted by Gasteiger charge is 1.95. The normalized spacial score (nSPS) is 12.0. The van der Waals surface area contributed by atoms with Crippen molar-refractivity contribution in [3.8, 4) is 6.07 Å². The quantitative estimate of drug-likeness (QED) is 0.473. The van der Waals surface area contributed by atoms with E-state index in [1.54, 1.807) is 6.07 Å². The molecule has 0 unspecified atom stereocenters. The number of aliphatic hydroxyl groups excluding tert-OH is 1. The molecule has 0 aromatic rings. The van der Waals surface area contributed by atoms with Gasteiger partial charge >= 0.3 is 0 Å². The average Bonchev–Trinajstić information content (AvgIpc) is 1.68. The lowest BCUT2D eigenvalue weighted by Gasteiger charge is -1.87. The molecule has 0 aromatic carbocycles. The van der Waals surface area contributed by atoms with E-state index < -0.39 is 6.10 Å². The molecule has 0 spiro atoms. The summed E-state index contributed by atoms with van der Waals surface area (Å²) in [6.07, 6.45) is -0.864. The Morgan fingerprint density at radius 3 is 2.71 bits per heavy atom. The fraction of sp³-hybridized carbons (Fsp3) is 0.500. The number of carbonyl (C=O) groups is 1. The van der Waals surface area contributed by atoms with E-state index in [2.05, 4.69) is 0 Å². The highest BCUT2D eigenvalue weighted by molar-refractivity contribution is 5.55. The Labute approximate surface area is 41.2 Å². The maximum absolute atomic E-state index is 9.49. The van der Waals surface area contributed by atoms with Crippen molar-refractivity contribution >= 4 is 6.29 Å². The molecule has 0 rings (SSSR count). The van der Waals surface area contributed by atoms with E-state index in [1.807, 2.05) is 0 Å². The van der Waals surface area contributed by atoms with Crippen LogP contribution in [0, 0.1) is 11.3 Å². The first-order valence-electron chi connectivity index (χ1n) is 1.81. The molecule has 0 aliphatic rings. The number of hydrogen-bond acceptors (Lipinski definition) is 3. The summed E-state index contributed by atoms with van der Waals surface area (Å²) >= 11 is 0. The molecule has 1 atom stereocenters. The Hall–Kier alpha value is -0.880. The van der Waals surface area contributed by atoms with E-state index in [4.69, 9.17) is 10.4 Å². The van der Waals surface area contributed by atoms with E-state index >= 15 is 0 Å². The molecule has 0 saturated heterocycles. The molecule has 0 heterocycles. The summed E-state index contributed by atoms with van der Waals surface area (Å²) in [6, 6.07) is 1.64. The van der Waals surface area contributed by atoms with E-state index in [9.17, 15) is 4.79 Å². The van der Waals surface area contributed by atoms with Gasteiger partial charge in [0, 0.05) is 0 Å². The first-order valence-corrected chi connectivity index (χ1v) is 1.81. The van der Waals surface area contributed by atoms with Crippen LogP contribution < -0.4 is 0 Å². The van der Waals surface area contributed by atoms with Gasteiger partial charge in [0.25, 0.3) is 0 Å². The zero-order valence-corrected chi connectivity index (χ0v) is 3.66. The molecule has 0 amide bonds. The summed E-state index contributed by atoms with van der Waals surface area (Å²) < 4.78 is 0. The van der Waals surface area contributed by atoms with Gasteiger partial charge in [0.05, 0.1) is 12.5 Å². The van der Waals surface area contributed by atoms with Crippen molar-refractivity contribution < 1.29 is 9.90 Å². The molecule has 7 heavy (non-hydrogen) atoms. The first-order chi connectivity index (χ1) is 3.31. The summed E-state index contributed by atoms with van der Waals surface area (Å²) in [5.74, 6) is 0. The highest BCUT2D eigenvalue weighted by Crippen LogP contribution is 1.80. The van der Waals surface area contributed by atoms with Crippen LogP contribution in [0.5, 0.6) is 0 Å². The van der Waals surface area contributed by atoms with Crippen molar-refractivity contribution in [3.05, 3.63) is 0 Å². The van der Waals surface area contributed by atoms with Crippen LogP contribution in [0.4, 0.5) is 0 Å². The van der Waals surface area contributed by atoms with Gasteiger partial charge in [-0.25, -0.2) is 0 Å². The molecule has 1 N–H and O–H groups in total. The number of carbonyl (C=O) groups excluding carboxylic acids is 1. The number of aliphatic hydroxyl groups is 1. The third-order valence-corrected chi connectivity index (χ3v) is 0.458. The van der Waals surface area contributed by atoms with Crippen LogP contribution in [0.15, 0.2) is 0 Å². The number of nitriles is 1. The molecule has 0 radical (unpaired) electrons. The zero-order chi connectivity index (χ0) is 5.70. The lowest BCUT2D eigenvalue weighted by molar-refractivity contribution is -0.114. The molecule has 0 fully saturated rings. The lowest BCUT2D eigenvalue weighted by Crippen LogP contribution is -2.04. The largest absolute Gasteiger partial charge is 0.385 e. The fourth-order valence-electron chi connectivity index (χ4n) is 0.142. The molecular formula is C4H5NO2. The summed E-state index contributed by atoms with van der Waals surface area (Å²) in [5, 5.41) is 16.1. The van der Waals surface area contributed by atoms with Crippen LogP contribution in [0.3, 0.4) is 0 Å². The van der Waals surface area contributed by atoms with Crippen molar-refractivity contribution in [3.63, 3.8) is 0 Å². The van der Waals surface area contributed by atoms with Gasteiger partial charge in [0.15, 0.2) is 0 Å². The maximum atomic E-state index is 9.49. The zero-order valence-electron chi connectivity index (χ0n) is 3.66. The summed E-state index contributed by atoms with van der Waals surface area (Å²) in [4.78, 5) is 9.49. The fourth-order valence-corrected chi connectivity index (χ4v) is 0.142. The van der Waals surface area contributed by atoms with Crippen LogP contribution in [0.1, 0.15) is 6.42 Å². The molecule has 0 aromatic heterocycles. The van der Waals surface area contributed by atoms with Crippen LogP contribution in [0.2, 0.25) is 0 Å². The Balaban J connectivity index is 3.21. The monoisotopic (exact) mass is 99.0 g/mol. The molecule has 3 heteroatoms. The highest BCUT2D eigenvalue weighted by atomic mass is 16.3. The second-order valence-corrected chi connectivity index (χ2v) is 1.07. The molecule has 0 bridgehead atoms. The Kier molecular flexibility index (Phi) is 2.90. The molecule has 0 saturated carbocycles. The average molecular weight is 99.1 g/mol. The van der Waals surface area contributed by atoms with Gasteiger partial charge in [0.2, 0.25) is 0 Å². The maximum Gasteiger partial charge on any atom is 0.149 e. The van der Waals surface area contributed by atoms with E-state index in [-0.39, 0.29) is 6.42 Å². The number of nitrogens with zero attached hydrogens (tertiary/aromatic N) is 1. The van der Waals surface area contributed by atoms with Crippen molar-refractivity contribution in [1.29, 1.82) is 5.26 Å². The predicted octanol–water partition coefficient (Wildman–Crippen LogP) is -0.540. The third kappa shape index (κ3) is 2.94. The predicted molar refractivity (Wildman–Crippen MR) is 22.3 cm³/mol. The first kappa shape index (κ1) is 6.12. The van der Waals surface area contributed by atoms with Crippen LogP contribution >= 0.6 is 0 Å². The van der Waals surface area contributed by atoms with Gasteiger partial charge < -0.3 is 9.90 Å². The van der Waals surface area contributed by atoms with Crippen molar-refractivity contribution in [2.24, 2.45) is 0 Å². The van der Waals surface area contributed by atoms with E-state index in [1.165, 1.54) is 0 Å².